The van der Waals surface area contributed by atoms with Gasteiger partial charge in [-0.3, -0.25) is 0 Å². The second kappa shape index (κ2) is 6.72. The smallest absolute Gasteiger partial charge is 0.134 e. The normalized spacial score (nSPS) is 11.0. The van der Waals surface area contributed by atoms with Gasteiger partial charge in [0.2, 0.25) is 0 Å². The molecule has 0 spiro atoms. The van der Waals surface area contributed by atoms with Crippen molar-refractivity contribution in [2.75, 3.05) is 7.11 Å². The molecule has 21 heavy (non-hydrogen) atoms. The lowest BCUT2D eigenvalue weighted by Crippen LogP contribution is -2.22. The molecule has 2 rings (SSSR count). The predicted molar refractivity (Wildman–Crippen MR) is 85.1 cm³/mol. The summed E-state index contributed by atoms with van der Waals surface area (Å²) in [6.07, 6.45) is 0. The van der Waals surface area contributed by atoms with Crippen LogP contribution in [0.4, 0.5) is 4.39 Å². The standard InChI is InChI=1S/C18H22FNO/c1-12(2)20-11-14-6-5-13(3)9-17(14)16-8-7-15(21-4)10-18(16)19/h5-10,12,20H,11H2,1-4H3. The van der Waals surface area contributed by atoms with Crippen LogP contribution in [0.2, 0.25) is 0 Å². The fraction of sp³-hybridized carbons (Fsp3) is 0.333. The number of nitrogens with one attached hydrogen (secondary N) is 1. The third-order valence-electron chi connectivity index (χ3n) is 3.43. The maximum atomic E-state index is 14.3. The quantitative estimate of drug-likeness (QED) is 0.885. The zero-order valence-corrected chi connectivity index (χ0v) is 13.0. The van der Waals surface area contributed by atoms with Crippen molar-refractivity contribution in [3.63, 3.8) is 0 Å². The first kappa shape index (κ1) is 15.5. The predicted octanol–water partition coefficient (Wildman–Crippen LogP) is 4.31. The number of rotatable bonds is 5. The molecule has 1 N–H and O–H groups in total. The minimum Gasteiger partial charge on any atom is -0.497 e. The number of ether oxygens (including phenoxy) is 1. The Morgan fingerprint density at radius 2 is 1.86 bits per heavy atom. The van der Waals surface area contributed by atoms with Gasteiger partial charge in [-0.2, -0.15) is 0 Å². The Labute approximate surface area is 126 Å². The summed E-state index contributed by atoms with van der Waals surface area (Å²) in [5, 5.41) is 3.39. The number of halogens is 1. The topological polar surface area (TPSA) is 21.3 Å². The summed E-state index contributed by atoms with van der Waals surface area (Å²) >= 11 is 0. The molecule has 2 aromatic carbocycles. The first-order valence-corrected chi connectivity index (χ1v) is 7.18. The third kappa shape index (κ3) is 3.82. The Hall–Kier alpha value is -1.87. The minimum absolute atomic E-state index is 0.259. The SMILES string of the molecule is COc1ccc(-c2cc(C)ccc2CNC(C)C)c(F)c1. The second-order valence-electron chi connectivity index (χ2n) is 5.54. The van der Waals surface area contributed by atoms with Gasteiger partial charge >= 0.3 is 0 Å². The molecule has 0 aliphatic heterocycles. The van der Waals surface area contributed by atoms with Crippen molar-refractivity contribution < 1.29 is 9.13 Å². The van der Waals surface area contributed by atoms with E-state index in [-0.39, 0.29) is 5.82 Å². The van der Waals surface area contributed by atoms with Crippen LogP contribution in [-0.4, -0.2) is 13.2 Å². The van der Waals surface area contributed by atoms with E-state index in [9.17, 15) is 4.39 Å². The van der Waals surface area contributed by atoms with Gasteiger partial charge in [0, 0.05) is 24.2 Å². The van der Waals surface area contributed by atoms with Gasteiger partial charge in [0.05, 0.1) is 7.11 Å². The van der Waals surface area contributed by atoms with Crippen LogP contribution in [0.5, 0.6) is 5.75 Å². The monoisotopic (exact) mass is 287 g/mol. The molecule has 112 valence electrons. The van der Waals surface area contributed by atoms with Gasteiger partial charge in [-0.1, -0.05) is 37.6 Å². The van der Waals surface area contributed by atoms with Gasteiger partial charge in [-0.25, -0.2) is 4.39 Å². The van der Waals surface area contributed by atoms with Crippen LogP contribution in [0.1, 0.15) is 25.0 Å². The van der Waals surface area contributed by atoms with Gasteiger partial charge in [-0.15, -0.1) is 0 Å². The molecule has 2 aromatic rings. The van der Waals surface area contributed by atoms with Crippen LogP contribution in [0, 0.1) is 12.7 Å². The molecule has 0 atom stereocenters. The highest BCUT2D eigenvalue weighted by molar-refractivity contribution is 5.69. The first-order chi connectivity index (χ1) is 10.0. The van der Waals surface area contributed by atoms with Gasteiger partial charge in [0.1, 0.15) is 11.6 Å². The molecule has 0 bridgehead atoms. The first-order valence-electron chi connectivity index (χ1n) is 7.18. The highest BCUT2D eigenvalue weighted by Gasteiger charge is 2.11. The van der Waals surface area contributed by atoms with Crippen molar-refractivity contribution in [1.29, 1.82) is 0 Å². The summed E-state index contributed by atoms with van der Waals surface area (Å²) in [5.74, 6) is 0.275. The molecule has 0 amide bonds. The molecule has 0 radical (unpaired) electrons. The van der Waals surface area contributed by atoms with Crippen LogP contribution in [-0.2, 0) is 6.54 Å². The van der Waals surface area contributed by atoms with E-state index in [1.54, 1.807) is 19.2 Å². The zero-order chi connectivity index (χ0) is 15.4. The highest BCUT2D eigenvalue weighted by Crippen LogP contribution is 2.30. The Kier molecular flexibility index (Phi) is 4.97. The van der Waals surface area contributed by atoms with Gasteiger partial charge in [0.25, 0.3) is 0 Å². The molecule has 0 fully saturated rings. The number of hydrogen-bond donors (Lipinski definition) is 1. The van der Waals surface area contributed by atoms with Crippen LogP contribution in [0.15, 0.2) is 36.4 Å². The van der Waals surface area contributed by atoms with Crippen LogP contribution in [0.25, 0.3) is 11.1 Å². The summed E-state index contributed by atoms with van der Waals surface area (Å²) in [6, 6.07) is 11.5. The van der Waals surface area contributed by atoms with E-state index in [0.29, 0.717) is 17.4 Å². The lowest BCUT2D eigenvalue weighted by Gasteiger charge is -2.15. The molecule has 0 saturated heterocycles. The second-order valence-corrected chi connectivity index (χ2v) is 5.54. The maximum absolute atomic E-state index is 14.3. The molecule has 3 heteroatoms. The largest absolute Gasteiger partial charge is 0.497 e. The molecular formula is C18H22FNO. The van der Waals surface area contributed by atoms with E-state index in [4.69, 9.17) is 4.74 Å². The fourth-order valence-corrected chi connectivity index (χ4v) is 2.25. The lowest BCUT2D eigenvalue weighted by atomic mass is 9.96. The lowest BCUT2D eigenvalue weighted by molar-refractivity contribution is 0.411. The number of methoxy groups -OCH3 is 1. The van der Waals surface area contributed by atoms with Gasteiger partial charge in [-0.05, 0) is 30.2 Å². The fourth-order valence-electron chi connectivity index (χ4n) is 2.25. The zero-order valence-electron chi connectivity index (χ0n) is 13.0. The Bertz CT molecular complexity index is 623. The number of aryl methyl sites for hydroxylation is 1. The van der Waals surface area contributed by atoms with Crippen LogP contribution in [0.3, 0.4) is 0 Å². The summed E-state index contributed by atoms with van der Waals surface area (Å²) in [6.45, 7) is 6.94. The Morgan fingerprint density at radius 3 is 2.48 bits per heavy atom. The summed E-state index contributed by atoms with van der Waals surface area (Å²) in [7, 11) is 1.54. The Balaban J connectivity index is 2.44. The van der Waals surface area contributed by atoms with Crippen molar-refractivity contribution >= 4 is 0 Å². The van der Waals surface area contributed by atoms with E-state index < -0.39 is 0 Å². The van der Waals surface area contributed by atoms with E-state index >= 15 is 0 Å². The number of hydrogen-bond acceptors (Lipinski definition) is 2. The molecular weight excluding hydrogens is 265 g/mol. The van der Waals surface area contributed by atoms with Crippen molar-refractivity contribution in [3.8, 4) is 16.9 Å². The Morgan fingerprint density at radius 1 is 1.10 bits per heavy atom. The molecule has 0 aliphatic carbocycles. The van der Waals surface area contributed by atoms with E-state index in [0.717, 1.165) is 23.2 Å². The third-order valence-corrected chi connectivity index (χ3v) is 3.43. The van der Waals surface area contributed by atoms with E-state index in [1.807, 2.05) is 13.0 Å². The summed E-state index contributed by atoms with van der Waals surface area (Å²) in [4.78, 5) is 0. The molecule has 0 aromatic heterocycles. The van der Waals surface area contributed by atoms with Crippen molar-refractivity contribution in [1.82, 2.24) is 5.32 Å². The van der Waals surface area contributed by atoms with E-state index in [1.165, 1.54) is 6.07 Å². The van der Waals surface area contributed by atoms with Crippen LogP contribution >= 0.6 is 0 Å². The van der Waals surface area contributed by atoms with Crippen molar-refractivity contribution in [2.45, 2.75) is 33.4 Å². The molecule has 0 heterocycles. The minimum atomic E-state index is -0.259. The summed E-state index contributed by atoms with van der Waals surface area (Å²) < 4.78 is 19.4. The molecule has 0 saturated carbocycles. The van der Waals surface area contributed by atoms with Crippen molar-refractivity contribution in [2.24, 2.45) is 0 Å². The highest BCUT2D eigenvalue weighted by atomic mass is 19.1. The van der Waals surface area contributed by atoms with Gasteiger partial charge < -0.3 is 10.1 Å². The molecule has 0 aliphatic rings. The van der Waals surface area contributed by atoms with E-state index in [2.05, 4.69) is 31.3 Å². The van der Waals surface area contributed by atoms with Crippen LogP contribution < -0.4 is 10.1 Å². The summed E-state index contributed by atoms with van der Waals surface area (Å²) in [5.41, 5.74) is 3.76. The average Bonchev–Trinajstić information content (AvgIpc) is 2.45. The molecule has 2 nitrogen and oxygen atoms in total. The molecule has 0 unspecified atom stereocenters. The maximum Gasteiger partial charge on any atom is 0.134 e. The van der Waals surface area contributed by atoms with Crippen molar-refractivity contribution in [3.05, 3.63) is 53.3 Å². The van der Waals surface area contributed by atoms with Gasteiger partial charge in [0.15, 0.2) is 0 Å². The average molecular weight is 287 g/mol. The number of benzene rings is 2.